The highest BCUT2D eigenvalue weighted by Gasteiger charge is 2.19. The molecule has 2 rings (SSSR count). The second-order valence-electron chi connectivity index (χ2n) is 4.21. The molecule has 0 bridgehead atoms. The van der Waals surface area contributed by atoms with Crippen molar-refractivity contribution in [3.8, 4) is 0 Å². The Balaban J connectivity index is 2.55. The monoisotopic (exact) mass is 439 g/mol. The van der Waals surface area contributed by atoms with Gasteiger partial charge in [-0.15, -0.1) is 0 Å². The van der Waals surface area contributed by atoms with E-state index in [1.807, 2.05) is 6.07 Å². The maximum atomic E-state index is 14.2. The van der Waals surface area contributed by atoms with Crippen LogP contribution < -0.4 is 5.32 Å². The van der Waals surface area contributed by atoms with E-state index in [0.29, 0.717) is 20.1 Å². The summed E-state index contributed by atoms with van der Waals surface area (Å²) in [7, 11) is 1.76. The summed E-state index contributed by atoms with van der Waals surface area (Å²) in [5.41, 5.74) is 1.32. The van der Waals surface area contributed by atoms with Crippen LogP contribution in [0.15, 0.2) is 39.3 Å². The Bertz CT molecular complexity index is 629. The molecule has 0 amide bonds. The standard InChI is InChI=1S/C14H10Br2Cl2FN/c1-20-14(7-2-8(15)4-9(17)3-7)10-5-12(18)11(16)6-13(10)19/h2-6,14,20H,1H3. The molecule has 1 N–H and O–H groups in total. The van der Waals surface area contributed by atoms with Crippen molar-refractivity contribution in [3.05, 3.63) is 66.3 Å². The molecule has 6 heteroatoms. The molecule has 1 unspecified atom stereocenters. The Morgan fingerprint density at radius 2 is 1.80 bits per heavy atom. The minimum atomic E-state index is -0.337. The maximum absolute atomic E-state index is 14.2. The molecule has 1 nitrogen and oxygen atoms in total. The van der Waals surface area contributed by atoms with E-state index in [0.717, 1.165) is 10.0 Å². The Morgan fingerprint density at radius 1 is 1.10 bits per heavy atom. The van der Waals surface area contributed by atoms with E-state index in [-0.39, 0.29) is 11.9 Å². The largest absolute Gasteiger partial charge is 0.309 e. The minimum Gasteiger partial charge on any atom is -0.309 e. The highest BCUT2D eigenvalue weighted by atomic mass is 79.9. The molecule has 0 saturated carbocycles. The molecule has 106 valence electrons. The first-order chi connectivity index (χ1) is 9.42. The van der Waals surface area contributed by atoms with Crippen molar-refractivity contribution in [1.82, 2.24) is 5.32 Å². The first-order valence-electron chi connectivity index (χ1n) is 5.70. The lowest BCUT2D eigenvalue weighted by molar-refractivity contribution is 0.575. The molecule has 2 aromatic carbocycles. The molecule has 0 radical (unpaired) electrons. The van der Waals surface area contributed by atoms with Crippen LogP contribution in [0.2, 0.25) is 10.0 Å². The van der Waals surface area contributed by atoms with E-state index in [2.05, 4.69) is 37.2 Å². The van der Waals surface area contributed by atoms with Crippen LogP contribution in [0.1, 0.15) is 17.2 Å². The Hall–Kier alpha value is -0.130. The van der Waals surface area contributed by atoms with Gasteiger partial charge in [0.25, 0.3) is 0 Å². The first kappa shape index (κ1) is 16.2. The van der Waals surface area contributed by atoms with Crippen molar-refractivity contribution >= 4 is 55.1 Å². The van der Waals surface area contributed by atoms with Crippen LogP contribution in [0, 0.1) is 5.82 Å². The molecule has 0 aliphatic rings. The Morgan fingerprint density at radius 3 is 2.40 bits per heavy atom. The second-order valence-corrected chi connectivity index (χ2v) is 6.83. The van der Waals surface area contributed by atoms with Gasteiger partial charge < -0.3 is 5.32 Å². The summed E-state index contributed by atoms with van der Waals surface area (Å²) in [5.74, 6) is -0.336. The van der Waals surface area contributed by atoms with Crippen LogP contribution in [-0.4, -0.2) is 7.05 Å². The smallest absolute Gasteiger partial charge is 0.129 e. The predicted molar refractivity (Wildman–Crippen MR) is 89.2 cm³/mol. The molecular weight excluding hydrogens is 432 g/mol. The minimum absolute atomic E-state index is 0.336. The summed E-state index contributed by atoms with van der Waals surface area (Å²) >= 11 is 18.7. The SMILES string of the molecule is CNC(c1cc(Cl)cc(Br)c1)c1cc(Cl)c(Br)cc1F. The molecule has 0 aromatic heterocycles. The molecule has 0 fully saturated rings. The third-order valence-electron chi connectivity index (χ3n) is 2.86. The van der Waals surface area contributed by atoms with Crippen LogP contribution in [0.4, 0.5) is 4.39 Å². The number of benzene rings is 2. The zero-order valence-corrected chi connectivity index (χ0v) is 15.0. The lowest BCUT2D eigenvalue weighted by atomic mass is 9.98. The van der Waals surface area contributed by atoms with E-state index in [9.17, 15) is 4.39 Å². The van der Waals surface area contributed by atoms with Crippen molar-refractivity contribution < 1.29 is 4.39 Å². The summed E-state index contributed by atoms with van der Waals surface area (Å²) in [6.45, 7) is 0. The van der Waals surface area contributed by atoms with Crippen molar-refractivity contribution in [2.45, 2.75) is 6.04 Å². The van der Waals surface area contributed by atoms with Crippen molar-refractivity contribution in [2.75, 3.05) is 7.05 Å². The van der Waals surface area contributed by atoms with E-state index in [1.165, 1.54) is 6.07 Å². The van der Waals surface area contributed by atoms with Crippen LogP contribution >= 0.6 is 55.1 Å². The van der Waals surface area contributed by atoms with E-state index >= 15 is 0 Å². The van der Waals surface area contributed by atoms with E-state index in [1.54, 1.807) is 25.2 Å². The molecule has 1 atom stereocenters. The molecule has 0 saturated heterocycles. The summed E-state index contributed by atoms with van der Waals surface area (Å²) in [6.07, 6.45) is 0. The topological polar surface area (TPSA) is 12.0 Å². The average molecular weight is 442 g/mol. The third-order valence-corrected chi connectivity index (χ3v) is 4.73. The van der Waals surface area contributed by atoms with Gasteiger partial charge in [-0.1, -0.05) is 39.1 Å². The third kappa shape index (κ3) is 3.55. The van der Waals surface area contributed by atoms with Crippen molar-refractivity contribution in [3.63, 3.8) is 0 Å². The number of hydrogen-bond acceptors (Lipinski definition) is 1. The quantitative estimate of drug-likeness (QED) is 0.579. The van der Waals surface area contributed by atoms with Gasteiger partial charge in [-0.3, -0.25) is 0 Å². The first-order valence-corrected chi connectivity index (χ1v) is 8.04. The number of halogens is 5. The van der Waals surface area contributed by atoms with Gasteiger partial charge in [0.05, 0.1) is 11.1 Å². The van der Waals surface area contributed by atoms with Gasteiger partial charge in [0.2, 0.25) is 0 Å². The number of hydrogen-bond donors (Lipinski definition) is 1. The fourth-order valence-electron chi connectivity index (χ4n) is 2.00. The molecule has 0 spiro atoms. The van der Waals surface area contributed by atoms with Gasteiger partial charge in [-0.2, -0.15) is 0 Å². The van der Waals surface area contributed by atoms with Gasteiger partial charge in [0.15, 0.2) is 0 Å². The second kappa shape index (κ2) is 6.75. The summed E-state index contributed by atoms with van der Waals surface area (Å²) in [4.78, 5) is 0. The number of nitrogens with one attached hydrogen (secondary N) is 1. The zero-order valence-electron chi connectivity index (χ0n) is 10.4. The van der Waals surface area contributed by atoms with Gasteiger partial charge in [0, 0.05) is 19.5 Å². The summed E-state index contributed by atoms with van der Waals surface area (Å²) < 4.78 is 15.5. The molecule has 0 aliphatic carbocycles. The molecule has 0 heterocycles. The van der Waals surface area contributed by atoms with Crippen LogP contribution in [0.25, 0.3) is 0 Å². The molecule has 0 aliphatic heterocycles. The zero-order chi connectivity index (χ0) is 14.9. The fraction of sp³-hybridized carbons (Fsp3) is 0.143. The highest BCUT2D eigenvalue weighted by Crippen LogP contribution is 2.33. The van der Waals surface area contributed by atoms with Gasteiger partial charge in [-0.05, 0) is 58.9 Å². The van der Waals surface area contributed by atoms with Gasteiger partial charge >= 0.3 is 0 Å². The number of rotatable bonds is 3. The molecule has 20 heavy (non-hydrogen) atoms. The normalized spacial score (nSPS) is 12.5. The summed E-state index contributed by atoms with van der Waals surface area (Å²) in [5, 5.41) is 4.13. The van der Waals surface area contributed by atoms with E-state index in [4.69, 9.17) is 23.2 Å². The van der Waals surface area contributed by atoms with Crippen molar-refractivity contribution in [2.24, 2.45) is 0 Å². The fourth-order valence-corrected chi connectivity index (χ4v) is 3.38. The van der Waals surface area contributed by atoms with Gasteiger partial charge in [-0.25, -0.2) is 4.39 Å². The van der Waals surface area contributed by atoms with Crippen LogP contribution in [-0.2, 0) is 0 Å². The highest BCUT2D eigenvalue weighted by molar-refractivity contribution is 9.10. The average Bonchev–Trinajstić information content (AvgIpc) is 2.35. The lowest BCUT2D eigenvalue weighted by Crippen LogP contribution is -2.19. The molecular formula is C14H10Br2Cl2FN. The maximum Gasteiger partial charge on any atom is 0.129 e. The molecule has 2 aromatic rings. The van der Waals surface area contributed by atoms with Crippen molar-refractivity contribution in [1.29, 1.82) is 0 Å². The lowest BCUT2D eigenvalue weighted by Gasteiger charge is -2.19. The Labute approximate surface area is 143 Å². The van der Waals surface area contributed by atoms with Gasteiger partial charge in [0.1, 0.15) is 5.82 Å². The van der Waals surface area contributed by atoms with E-state index < -0.39 is 0 Å². The predicted octanol–water partition coefficient (Wildman–Crippen LogP) is 5.97. The Kier molecular flexibility index (Phi) is 5.49. The van der Waals surface area contributed by atoms with Crippen LogP contribution in [0.5, 0.6) is 0 Å². The summed E-state index contributed by atoms with van der Waals surface area (Å²) in [6, 6.07) is 8.10. The van der Waals surface area contributed by atoms with Crippen LogP contribution in [0.3, 0.4) is 0 Å².